The van der Waals surface area contributed by atoms with E-state index in [0.29, 0.717) is 5.69 Å². The number of carboxylic acids is 1. The summed E-state index contributed by atoms with van der Waals surface area (Å²) >= 11 is 0. The number of hydrogen-bond donors (Lipinski definition) is 1. The molecule has 0 aromatic carbocycles. The summed E-state index contributed by atoms with van der Waals surface area (Å²) in [6.07, 6.45) is 2.97. The summed E-state index contributed by atoms with van der Waals surface area (Å²) in [6, 6.07) is 0. The Balaban J connectivity index is 2.86. The third-order valence-electron chi connectivity index (χ3n) is 1.08. The molecular formula is C8H6N2O2. The molecule has 0 aliphatic heterocycles. The van der Waals surface area contributed by atoms with Crippen molar-refractivity contribution in [2.24, 2.45) is 0 Å². The fourth-order valence-electron chi connectivity index (χ4n) is 0.575. The van der Waals surface area contributed by atoms with Gasteiger partial charge >= 0.3 is 5.97 Å². The van der Waals surface area contributed by atoms with Gasteiger partial charge in [0.25, 0.3) is 0 Å². The third kappa shape index (κ3) is 2.39. The van der Waals surface area contributed by atoms with Crippen LogP contribution in [0.3, 0.4) is 0 Å². The van der Waals surface area contributed by atoms with E-state index in [1.54, 1.807) is 6.92 Å². The van der Waals surface area contributed by atoms with Crippen molar-refractivity contribution in [1.29, 1.82) is 0 Å². The van der Waals surface area contributed by atoms with E-state index >= 15 is 0 Å². The molecule has 0 spiro atoms. The zero-order valence-electron chi connectivity index (χ0n) is 6.40. The Labute approximate surface area is 69.3 Å². The van der Waals surface area contributed by atoms with E-state index in [4.69, 9.17) is 5.11 Å². The van der Waals surface area contributed by atoms with Crippen LogP contribution in [0.25, 0.3) is 0 Å². The fraction of sp³-hybridized carbons (Fsp3) is 0.125. The molecule has 0 saturated heterocycles. The SMILES string of the molecule is Cc1cnc(C#CC(=O)O)cn1. The van der Waals surface area contributed by atoms with E-state index in [1.165, 1.54) is 12.4 Å². The molecule has 0 aliphatic carbocycles. The van der Waals surface area contributed by atoms with Gasteiger partial charge in [-0.15, -0.1) is 0 Å². The molecule has 4 nitrogen and oxygen atoms in total. The summed E-state index contributed by atoms with van der Waals surface area (Å²) in [7, 11) is 0. The highest BCUT2D eigenvalue weighted by molar-refractivity contribution is 5.87. The van der Waals surface area contributed by atoms with Crippen LogP contribution in [0.2, 0.25) is 0 Å². The summed E-state index contributed by atoms with van der Waals surface area (Å²) in [4.78, 5) is 17.8. The first-order valence-corrected chi connectivity index (χ1v) is 3.22. The summed E-state index contributed by atoms with van der Waals surface area (Å²) in [5.41, 5.74) is 1.14. The zero-order chi connectivity index (χ0) is 8.97. The second kappa shape index (κ2) is 3.49. The van der Waals surface area contributed by atoms with Gasteiger partial charge in [-0.3, -0.25) is 4.98 Å². The number of aromatic nitrogens is 2. The van der Waals surface area contributed by atoms with Crippen molar-refractivity contribution in [1.82, 2.24) is 9.97 Å². The standard InChI is InChI=1S/C8H6N2O2/c1-6-4-10-7(5-9-6)2-3-8(11)12/h4-5H,1H3,(H,11,12). The van der Waals surface area contributed by atoms with E-state index in [-0.39, 0.29) is 0 Å². The van der Waals surface area contributed by atoms with Gasteiger partial charge in [-0.1, -0.05) is 0 Å². The smallest absolute Gasteiger partial charge is 0.382 e. The van der Waals surface area contributed by atoms with Gasteiger partial charge in [0.05, 0.1) is 11.9 Å². The van der Waals surface area contributed by atoms with E-state index in [9.17, 15) is 4.79 Å². The van der Waals surface area contributed by atoms with Crippen LogP contribution in [0, 0.1) is 18.8 Å². The van der Waals surface area contributed by atoms with Crippen molar-refractivity contribution >= 4 is 5.97 Å². The van der Waals surface area contributed by atoms with Gasteiger partial charge in [-0.2, -0.15) is 0 Å². The van der Waals surface area contributed by atoms with Crippen molar-refractivity contribution in [2.45, 2.75) is 6.92 Å². The van der Waals surface area contributed by atoms with E-state index in [1.807, 2.05) is 5.92 Å². The van der Waals surface area contributed by atoms with Crippen LogP contribution in [-0.2, 0) is 4.79 Å². The quantitative estimate of drug-likeness (QED) is 0.554. The first kappa shape index (κ1) is 8.21. The Morgan fingerprint density at radius 1 is 1.50 bits per heavy atom. The van der Waals surface area contributed by atoms with Gasteiger partial charge in [-0.05, 0) is 12.8 Å². The van der Waals surface area contributed by atoms with Crippen molar-refractivity contribution in [3.63, 3.8) is 0 Å². The number of rotatable bonds is 0. The van der Waals surface area contributed by atoms with Crippen LogP contribution in [0.15, 0.2) is 12.4 Å². The number of carbonyl (C=O) groups is 1. The molecule has 0 unspecified atom stereocenters. The molecule has 1 rings (SSSR count). The van der Waals surface area contributed by atoms with Gasteiger partial charge in [0.15, 0.2) is 0 Å². The van der Waals surface area contributed by atoms with Crippen molar-refractivity contribution < 1.29 is 9.90 Å². The average Bonchev–Trinajstić information content (AvgIpc) is 2.03. The molecule has 1 aromatic heterocycles. The zero-order valence-corrected chi connectivity index (χ0v) is 6.40. The van der Waals surface area contributed by atoms with E-state index in [0.717, 1.165) is 5.69 Å². The number of aryl methyl sites for hydroxylation is 1. The largest absolute Gasteiger partial charge is 0.472 e. The molecule has 0 saturated carbocycles. The van der Waals surface area contributed by atoms with Crippen LogP contribution in [0.1, 0.15) is 11.4 Å². The predicted octanol–water partition coefficient (Wildman–Crippen LogP) is 0.221. The van der Waals surface area contributed by atoms with Crippen molar-refractivity contribution in [3.8, 4) is 11.8 Å². The minimum Gasteiger partial charge on any atom is -0.472 e. The second-order valence-electron chi connectivity index (χ2n) is 2.10. The number of hydrogen-bond acceptors (Lipinski definition) is 3. The summed E-state index contributed by atoms with van der Waals surface area (Å²) < 4.78 is 0. The highest BCUT2D eigenvalue weighted by Gasteiger charge is 1.89. The molecule has 4 heteroatoms. The van der Waals surface area contributed by atoms with E-state index in [2.05, 4.69) is 15.9 Å². The first-order valence-electron chi connectivity index (χ1n) is 3.22. The molecule has 0 aliphatic rings. The van der Waals surface area contributed by atoms with Gasteiger partial charge < -0.3 is 5.11 Å². The number of nitrogens with zero attached hydrogens (tertiary/aromatic N) is 2. The molecule has 1 N–H and O–H groups in total. The molecule has 0 radical (unpaired) electrons. The number of carboxylic acid groups (broad SMARTS) is 1. The van der Waals surface area contributed by atoms with Crippen LogP contribution >= 0.6 is 0 Å². The molecule has 0 amide bonds. The van der Waals surface area contributed by atoms with Crippen LogP contribution in [0.5, 0.6) is 0 Å². The van der Waals surface area contributed by atoms with E-state index < -0.39 is 5.97 Å². The lowest BCUT2D eigenvalue weighted by molar-refractivity contribution is -0.130. The van der Waals surface area contributed by atoms with Gasteiger partial charge in [0.2, 0.25) is 0 Å². The summed E-state index contributed by atoms with van der Waals surface area (Å²) in [6.45, 7) is 1.79. The lowest BCUT2D eigenvalue weighted by atomic mass is 10.4. The minimum absolute atomic E-state index is 0.364. The van der Waals surface area contributed by atoms with Crippen molar-refractivity contribution in [3.05, 3.63) is 23.8 Å². The van der Waals surface area contributed by atoms with Crippen LogP contribution in [-0.4, -0.2) is 21.0 Å². The van der Waals surface area contributed by atoms with Gasteiger partial charge in [0.1, 0.15) is 5.69 Å². The van der Waals surface area contributed by atoms with Crippen LogP contribution in [0.4, 0.5) is 0 Å². The molecule has 1 heterocycles. The maximum atomic E-state index is 10.0. The second-order valence-corrected chi connectivity index (χ2v) is 2.10. The molecule has 1 aromatic rings. The van der Waals surface area contributed by atoms with Crippen LogP contribution < -0.4 is 0 Å². The van der Waals surface area contributed by atoms with Gasteiger partial charge in [-0.25, -0.2) is 9.78 Å². The lowest BCUT2D eigenvalue weighted by Crippen LogP contribution is -1.90. The Kier molecular flexibility index (Phi) is 2.38. The predicted molar refractivity (Wildman–Crippen MR) is 41.3 cm³/mol. The Bertz CT molecular complexity index is 346. The topological polar surface area (TPSA) is 63.1 Å². The fourth-order valence-corrected chi connectivity index (χ4v) is 0.575. The molecule has 0 atom stereocenters. The molecule has 12 heavy (non-hydrogen) atoms. The Morgan fingerprint density at radius 3 is 2.75 bits per heavy atom. The minimum atomic E-state index is -1.17. The highest BCUT2D eigenvalue weighted by atomic mass is 16.4. The molecule has 0 fully saturated rings. The van der Waals surface area contributed by atoms with Gasteiger partial charge in [0, 0.05) is 12.1 Å². The lowest BCUT2D eigenvalue weighted by Gasteiger charge is -1.88. The maximum absolute atomic E-state index is 10.0. The Morgan fingerprint density at radius 2 is 2.25 bits per heavy atom. The molecular weight excluding hydrogens is 156 g/mol. The third-order valence-corrected chi connectivity index (χ3v) is 1.08. The number of aliphatic carboxylic acids is 1. The highest BCUT2D eigenvalue weighted by Crippen LogP contribution is 1.90. The maximum Gasteiger partial charge on any atom is 0.382 e. The molecule has 60 valence electrons. The molecule has 0 bridgehead atoms. The normalized spacial score (nSPS) is 8.42. The average molecular weight is 162 g/mol. The van der Waals surface area contributed by atoms with Crippen molar-refractivity contribution in [2.75, 3.05) is 0 Å². The Hall–Kier alpha value is -1.89. The summed E-state index contributed by atoms with van der Waals surface area (Å²) in [5, 5.41) is 8.21. The monoisotopic (exact) mass is 162 g/mol. The summed E-state index contributed by atoms with van der Waals surface area (Å²) in [5.74, 6) is 3.12. The first-order chi connectivity index (χ1) is 5.68.